The smallest absolute Gasteiger partial charge is 0.319 e. The lowest BCUT2D eigenvalue weighted by molar-refractivity contribution is -0.117. The van der Waals surface area contributed by atoms with Crippen molar-refractivity contribution in [2.24, 2.45) is 0 Å². The largest absolute Gasteiger partial charge is 0.497 e. The molecule has 0 fully saturated rings. The number of nitrogens with zero attached hydrogens (tertiary/aromatic N) is 2. The lowest BCUT2D eigenvalue weighted by Gasteiger charge is -2.18. The van der Waals surface area contributed by atoms with Crippen molar-refractivity contribution in [1.82, 2.24) is 15.5 Å². The van der Waals surface area contributed by atoms with Crippen LogP contribution < -0.4 is 25.4 Å². The van der Waals surface area contributed by atoms with Crippen LogP contribution in [0.3, 0.4) is 0 Å². The maximum atomic E-state index is 13.2. The minimum Gasteiger partial charge on any atom is -0.497 e. The molecule has 4 rings (SSSR count). The van der Waals surface area contributed by atoms with Gasteiger partial charge in [-0.15, -0.1) is 10.2 Å². The summed E-state index contributed by atoms with van der Waals surface area (Å²) in [5, 5.41) is 17.9. The van der Waals surface area contributed by atoms with Crippen molar-refractivity contribution in [2.45, 2.75) is 12.5 Å². The van der Waals surface area contributed by atoms with E-state index in [0.717, 1.165) is 11.1 Å². The molecule has 0 aliphatic rings. The Morgan fingerprint density at radius 1 is 0.919 bits per heavy atom. The van der Waals surface area contributed by atoms with Crippen molar-refractivity contribution in [3.05, 3.63) is 83.4 Å². The summed E-state index contributed by atoms with van der Waals surface area (Å²) in [6.45, 7) is 0. The van der Waals surface area contributed by atoms with Gasteiger partial charge in [0, 0.05) is 40.9 Å². The Morgan fingerprint density at radius 3 is 2.32 bits per heavy atom. The molecule has 9 nitrogen and oxygen atoms in total. The van der Waals surface area contributed by atoms with Gasteiger partial charge < -0.3 is 20.1 Å². The van der Waals surface area contributed by atoms with Crippen LogP contribution in [0.5, 0.6) is 11.5 Å². The molecule has 3 amide bonds. The van der Waals surface area contributed by atoms with Crippen LogP contribution >= 0.6 is 22.9 Å². The van der Waals surface area contributed by atoms with Gasteiger partial charge in [-0.2, -0.15) is 0 Å². The number of urea groups is 1. The highest BCUT2D eigenvalue weighted by molar-refractivity contribution is 7.18. The number of halogens is 1. The van der Waals surface area contributed by atoms with E-state index in [-0.39, 0.29) is 6.42 Å². The van der Waals surface area contributed by atoms with E-state index in [9.17, 15) is 9.59 Å². The Morgan fingerprint density at radius 2 is 1.65 bits per heavy atom. The molecule has 0 aliphatic carbocycles. The van der Waals surface area contributed by atoms with Crippen LogP contribution in [0.4, 0.5) is 15.6 Å². The van der Waals surface area contributed by atoms with Crippen molar-refractivity contribution in [3.63, 3.8) is 0 Å². The number of amides is 3. The summed E-state index contributed by atoms with van der Waals surface area (Å²) in [4.78, 5) is 26.1. The second-order valence-electron chi connectivity index (χ2n) is 7.85. The highest BCUT2D eigenvalue weighted by Gasteiger charge is 2.23. The fourth-order valence-electron chi connectivity index (χ4n) is 3.47. The van der Waals surface area contributed by atoms with Crippen LogP contribution in [-0.2, 0) is 11.2 Å². The van der Waals surface area contributed by atoms with Crippen molar-refractivity contribution >= 4 is 45.7 Å². The molecular weight excluding hydrogens is 514 g/mol. The highest BCUT2D eigenvalue weighted by Crippen LogP contribution is 2.28. The second-order valence-corrected chi connectivity index (χ2v) is 9.27. The van der Waals surface area contributed by atoms with Crippen molar-refractivity contribution in [2.75, 3.05) is 24.9 Å². The fourth-order valence-corrected chi connectivity index (χ4v) is 4.40. The lowest BCUT2D eigenvalue weighted by Crippen LogP contribution is -2.46. The number of anilines is 2. The van der Waals surface area contributed by atoms with E-state index in [1.807, 2.05) is 42.5 Å². The number of ether oxygens (including phenoxy) is 2. The van der Waals surface area contributed by atoms with E-state index in [4.69, 9.17) is 21.1 Å². The van der Waals surface area contributed by atoms with Gasteiger partial charge in [0.15, 0.2) is 0 Å². The Labute approximate surface area is 222 Å². The van der Waals surface area contributed by atoms with Crippen molar-refractivity contribution in [3.8, 4) is 22.1 Å². The molecule has 1 aromatic heterocycles. The van der Waals surface area contributed by atoms with Gasteiger partial charge in [-0.3, -0.25) is 10.1 Å². The first-order valence-electron chi connectivity index (χ1n) is 11.2. The van der Waals surface area contributed by atoms with Crippen LogP contribution in [0.1, 0.15) is 5.56 Å². The summed E-state index contributed by atoms with van der Waals surface area (Å²) in [6, 6.07) is 20.1. The van der Waals surface area contributed by atoms with Crippen LogP contribution in [0, 0.1) is 0 Å². The summed E-state index contributed by atoms with van der Waals surface area (Å²) in [6.07, 6.45) is 0.265. The predicted molar refractivity (Wildman–Crippen MR) is 145 cm³/mol. The van der Waals surface area contributed by atoms with Gasteiger partial charge in [-0.05, 0) is 17.7 Å². The van der Waals surface area contributed by atoms with E-state index in [1.54, 1.807) is 30.3 Å². The van der Waals surface area contributed by atoms with Crippen LogP contribution in [0.2, 0.25) is 5.02 Å². The minimum atomic E-state index is -0.895. The quantitative estimate of drug-likeness (QED) is 0.269. The number of carbonyl (C=O) groups excluding carboxylic acids is 2. The summed E-state index contributed by atoms with van der Waals surface area (Å²) in [5.74, 6) is 0.594. The number of benzene rings is 3. The van der Waals surface area contributed by atoms with Crippen LogP contribution in [0.25, 0.3) is 10.6 Å². The first kappa shape index (κ1) is 25.9. The summed E-state index contributed by atoms with van der Waals surface area (Å²) in [7, 11) is 3.04. The Hall–Kier alpha value is -4.15. The number of methoxy groups -OCH3 is 2. The van der Waals surface area contributed by atoms with Gasteiger partial charge in [-0.25, -0.2) is 4.79 Å². The summed E-state index contributed by atoms with van der Waals surface area (Å²) < 4.78 is 10.5. The van der Waals surface area contributed by atoms with Gasteiger partial charge in [0.2, 0.25) is 11.0 Å². The Bertz CT molecular complexity index is 1360. The molecule has 0 aliphatic heterocycles. The van der Waals surface area contributed by atoms with Gasteiger partial charge in [0.1, 0.15) is 22.5 Å². The van der Waals surface area contributed by atoms with Crippen molar-refractivity contribution < 1.29 is 19.1 Å². The molecule has 3 N–H and O–H groups in total. The number of nitrogens with one attached hydrogen (secondary N) is 3. The summed E-state index contributed by atoms with van der Waals surface area (Å²) in [5.41, 5.74) is 2.11. The van der Waals surface area contributed by atoms with Crippen LogP contribution in [0.15, 0.2) is 72.8 Å². The number of hydrogen-bond acceptors (Lipinski definition) is 7. The zero-order valence-corrected chi connectivity index (χ0v) is 21.6. The normalized spacial score (nSPS) is 11.3. The third kappa shape index (κ3) is 7.18. The number of rotatable bonds is 9. The maximum Gasteiger partial charge on any atom is 0.319 e. The number of hydrogen-bond donors (Lipinski definition) is 3. The van der Waals surface area contributed by atoms with E-state index in [0.29, 0.717) is 32.3 Å². The number of carbonyl (C=O) groups is 2. The average molecular weight is 538 g/mol. The van der Waals surface area contributed by atoms with Gasteiger partial charge in [0.05, 0.1) is 14.2 Å². The Balaban J connectivity index is 1.49. The molecule has 4 aromatic rings. The van der Waals surface area contributed by atoms with E-state index < -0.39 is 18.0 Å². The van der Waals surface area contributed by atoms with Gasteiger partial charge in [-0.1, -0.05) is 65.4 Å². The predicted octanol–water partition coefficient (Wildman–Crippen LogP) is 5.25. The van der Waals surface area contributed by atoms with Gasteiger partial charge >= 0.3 is 6.03 Å². The molecule has 0 radical (unpaired) electrons. The first-order chi connectivity index (χ1) is 17.9. The molecule has 1 unspecified atom stereocenters. The zero-order valence-electron chi connectivity index (χ0n) is 20.0. The third-order valence-corrected chi connectivity index (χ3v) is 6.36. The minimum absolute atomic E-state index is 0.265. The second kappa shape index (κ2) is 12.2. The highest BCUT2D eigenvalue weighted by atomic mass is 35.5. The molecule has 37 heavy (non-hydrogen) atoms. The molecule has 190 valence electrons. The lowest BCUT2D eigenvalue weighted by atomic mass is 10.1. The van der Waals surface area contributed by atoms with Crippen LogP contribution in [-0.4, -0.2) is 42.4 Å². The van der Waals surface area contributed by atoms with E-state index >= 15 is 0 Å². The standard InChI is InChI=1S/C26H24ClN5O4S/c1-35-20-13-19(14-21(15-20)36-2)28-25(34)29-22(11-16-7-4-3-5-8-16)23(33)30-26-32-31-24(37-26)17-9-6-10-18(27)12-17/h3-10,12-15,22H,11H2,1-2H3,(H2,28,29,34)(H,30,32,33). The molecule has 0 spiro atoms. The molecule has 1 atom stereocenters. The van der Waals surface area contributed by atoms with Crippen molar-refractivity contribution in [1.29, 1.82) is 0 Å². The SMILES string of the molecule is COc1cc(NC(=O)NC(Cc2ccccc2)C(=O)Nc2nnc(-c3cccc(Cl)c3)s2)cc(OC)c1. The molecular formula is C26H24ClN5O4S. The Kier molecular flexibility index (Phi) is 8.55. The molecule has 0 saturated carbocycles. The fraction of sp³-hybridized carbons (Fsp3) is 0.154. The monoisotopic (exact) mass is 537 g/mol. The number of aromatic nitrogens is 2. The zero-order chi connectivity index (χ0) is 26.2. The average Bonchev–Trinajstić information content (AvgIpc) is 3.37. The van der Waals surface area contributed by atoms with E-state index in [1.165, 1.54) is 25.6 Å². The first-order valence-corrected chi connectivity index (χ1v) is 12.4. The maximum absolute atomic E-state index is 13.2. The molecule has 1 heterocycles. The topological polar surface area (TPSA) is 114 Å². The van der Waals surface area contributed by atoms with E-state index in [2.05, 4.69) is 26.1 Å². The molecule has 11 heteroatoms. The van der Waals surface area contributed by atoms with Gasteiger partial charge in [0.25, 0.3) is 0 Å². The molecule has 3 aromatic carbocycles. The molecule has 0 saturated heterocycles. The summed E-state index contributed by atoms with van der Waals surface area (Å²) >= 11 is 7.28. The molecule has 0 bridgehead atoms. The third-order valence-electron chi connectivity index (χ3n) is 5.24.